The van der Waals surface area contributed by atoms with Crippen LogP contribution in [0.4, 0.5) is 5.82 Å². The van der Waals surface area contributed by atoms with E-state index in [-0.39, 0.29) is 0 Å². The minimum atomic E-state index is 0.569. The van der Waals surface area contributed by atoms with E-state index in [4.69, 9.17) is 5.73 Å². The molecule has 3 nitrogen and oxygen atoms in total. The van der Waals surface area contributed by atoms with Crippen LogP contribution >= 0.6 is 34.4 Å². The first-order valence-electron chi connectivity index (χ1n) is 6.53. The number of anilines is 1. The van der Waals surface area contributed by atoms with E-state index in [0.717, 1.165) is 32.2 Å². The van der Waals surface area contributed by atoms with E-state index >= 15 is 0 Å². The van der Waals surface area contributed by atoms with Crippen LogP contribution in [0, 0.1) is 9.49 Å². The van der Waals surface area contributed by atoms with Crippen LogP contribution in [0.1, 0.15) is 19.7 Å². The van der Waals surface area contributed by atoms with Gasteiger partial charge < -0.3 is 5.73 Å². The quantitative estimate of drug-likeness (QED) is 0.765. The Morgan fingerprint density at radius 2 is 1.90 bits per heavy atom. The summed E-state index contributed by atoms with van der Waals surface area (Å²) >= 11 is 4.07. The summed E-state index contributed by atoms with van der Waals surface area (Å²) in [6.07, 6.45) is 0. The Hall–Kier alpha value is -0.820. The highest BCUT2D eigenvalue weighted by molar-refractivity contribution is 14.1. The molecule has 106 valence electrons. The van der Waals surface area contributed by atoms with Gasteiger partial charge in [-0.3, -0.25) is 0 Å². The maximum atomic E-state index is 6.02. The minimum Gasteiger partial charge on any atom is -0.383 e. The van der Waals surface area contributed by atoms with Crippen LogP contribution in [0.3, 0.4) is 0 Å². The third-order valence-electron chi connectivity index (χ3n) is 2.65. The number of benzene rings is 1. The molecule has 5 heteroatoms. The fourth-order valence-electron chi connectivity index (χ4n) is 1.75. The van der Waals surface area contributed by atoms with Crippen LogP contribution in [0.25, 0.3) is 11.3 Å². The van der Waals surface area contributed by atoms with Crippen molar-refractivity contribution in [1.82, 2.24) is 9.97 Å². The molecule has 1 heterocycles. The molecule has 0 amide bonds. The molecular weight excluding hydrogens is 381 g/mol. The third-order valence-corrected chi connectivity index (χ3v) is 5.08. The summed E-state index contributed by atoms with van der Waals surface area (Å²) in [6, 6.07) is 10.1. The molecule has 0 aliphatic carbocycles. The van der Waals surface area contributed by atoms with Crippen molar-refractivity contribution < 1.29 is 0 Å². The van der Waals surface area contributed by atoms with E-state index in [0.29, 0.717) is 11.7 Å². The number of hydrogen-bond donors (Lipinski definition) is 1. The number of nitrogens with two attached hydrogens (primary N) is 1. The van der Waals surface area contributed by atoms with Crippen molar-refractivity contribution in [3.8, 4) is 11.3 Å². The second-order valence-corrected chi connectivity index (χ2v) is 7.07. The SMILES string of the molecule is CC(C)CSCc1nc(N)c(I)c(-c2ccccc2)n1. The first-order chi connectivity index (χ1) is 9.58. The van der Waals surface area contributed by atoms with E-state index < -0.39 is 0 Å². The molecular formula is C15H18IN3S. The number of halogens is 1. The highest BCUT2D eigenvalue weighted by atomic mass is 127. The summed E-state index contributed by atoms with van der Waals surface area (Å²) in [6.45, 7) is 4.43. The van der Waals surface area contributed by atoms with Crippen LogP contribution in [0.15, 0.2) is 30.3 Å². The second-order valence-electron chi connectivity index (χ2n) is 4.96. The van der Waals surface area contributed by atoms with Gasteiger partial charge >= 0.3 is 0 Å². The number of aromatic nitrogens is 2. The summed E-state index contributed by atoms with van der Waals surface area (Å²) in [5.41, 5.74) is 8.04. The molecule has 0 unspecified atom stereocenters. The van der Waals surface area contributed by atoms with Crippen molar-refractivity contribution in [3.05, 3.63) is 39.7 Å². The van der Waals surface area contributed by atoms with Crippen molar-refractivity contribution in [2.45, 2.75) is 19.6 Å². The Morgan fingerprint density at radius 3 is 2.55 bits per heavy atom. The predicted octanol–water partition coefficient (Wildman–Crippen LogP) is 4.22. The van der Waals surface area contributed by atoms with E-state index in [1.807, 2.05) is 30.0 Å². The molecule has 0 fully saturated rings. The number of thioether (sulfide) groups is 1. The average molecular weight is 399 g/mol. The number of rotatable bonds is 5. The van der Waals surface area contributed by atoms with Crippen molar-refractivity contribution in [2.75, 3.05) is 11.5 Å². The zero-order valence-electron chi connectivity index (χ0n) is 11.6. The van der Waals surface area contributed by atoms with Crippen molar-refractivity contribution in [3.63, 3.8) is 0 Å². The zero-order valence-corrected chi connectivity index (χ0v) is 14.6. The third kappa shape index (κ3) is 4.09. The Kier molecular flexibility index (Phi) is 5.65. The molecule has 1 aromatic carbocycles. The van der Waals surface area contributed by atoms with Gasteiger partial charge in [0, 0.05) is 5.56 Å². The van der Waals surface area contributed by atoms with Gasteiger partial charge in [0.05, 0.1) is 15.0 Å². The molecule has 2 rings (SSSR count). The Morgan fingerprint density at radius 1 is 1.20 bits per heavy atom. The number of hydrogen-bond acceptors (Lipinski definition) is 4. The summed E-state index contributed by atoms with van der Waals surface area (Å²) < 4.78 is 0.923. The molecule has 2 aromatic rings. The van der Waals surface area contributed by atoms with Gasteiger partial charge in [0.15, 0.2) is 0 Å². The molecule has 0 saturated carbocycles. The topological polar surface area (TPSA) is 51.8 Å². The van der Waals surface area contributed by atoms with Gasteiger partial charge in [-0.05, 0) is 34.3 Å². The van der Waals surface area contributed by atoms with Crippen LogP contribution in [0.5, 0.6) is 0 Å². The Bertz CT molecular complexity index is 573. The lowest BCUT2D eigenvalue weighted by Crippen LogP contribution is -2.05. The van der Waals surface area contributed by atoms with E-state index in [1.165, 1.54) is 0 Å². The van der Waals surface area contributed by atoms with E-state index in [9.17, 15) is 0 Å². The number of nitrogen functional groups attached to an aromatic ring is 1. The van der Waals surface area contributed by atoms with Gasteiger partial charge in [-0.15, -0.1) is 0 Å². The van der Waals surface area contributed by atoms with Crippen LogP contribution in [-0.4, -0.2) is 15.7 Å². The zero-order chi connectivity index (χ0) is 14.5. The fourth-order valence-corrected chi connectivity index (χ4v) is 3.20. The van der Waals surface area contributed by atoms with Crippen LogP contribution in [0.2, 0.25) is 0 Å². The summed E-state index contributed by atoms with van der Waals surface area (Å²) in [7, 11) is 0. The monoisotopic (exact) mass is 399 g/mol. The van der Waals surface area contributed by atoms with Crippen LogP contribution < -0.4 is 5.73 Å². The lowest BCUT2D eigenvalue weighted by atomic mass is 10.1. The van der Waals surface area contributed by atoms with Gasteiger partial charge in [-0.1, -0.05) is 44.2 Å². The first kappa shape index (κ1) is 15.6. The summed E-state index contributed by atoms with van der Waals surface area (Å²) in [5.74, 6) is 3.97. The molecule has 0 bridgehead atoms. The van der Waals surface area contributed by atoms with Crippen LogP contribution in [-0.2, 0) is 5.75 Å². The molecule has 0 aliphatic heterocycles. The van der Waals surface area contributed by atoms with Gasteiger partial charge in [0.1, 0.15) is 11.6 Å². The highest BCUT2D eigenvalue weighted by Crippen LogP contribution is 2.27. The van der Waals surface area contributed by atoms with Gasteiger partial charge in [0.25, 0.3) is 0 Å². The van der Waals surface area contributed by atoms with Crippen molar-refractivity contribution in [1.29, 1.82) is 0 Å². The number of nitrogens with zero attached hydrogens (tertiary/aromatic N) is 2. The van der Waals surface area contributed by atoms with Gasteiger partial charge in [0.2, 0.25) is 0 Å². The molecule has 1 aromatic heterocycles. The Balaban J connectivity index is 2.26. The molecule has 20 heavy (non-hydrogen) atoms. The fraction of sp³-hybridized carbons (Fsp3) is 0.333. The highest BCUT2D eigenvalue weighted by Gasteiger charge is 2.12. The average Bonchev–Trinajstić information content (AvgIpc) is 2.43. The summed E-state index contributed by atoms with van der Waals surface area (Å²) in [5, 5.41) is 0. The molecule has 0 spiro atoms. The first-order valence-corrected chi connectivity index (χ1v) is 8.76. The largest absolute Gasteiger partial charge is 0.383 e. The lowest BCUT2D eigenvalue weighted by molar-refractivity contribution is 0.750. The Labute approximate surface area is 137 Å². The smallest absolute Gasteiger partial charge is 0.141 e. The van der Waals surface area contributed by atoms with E-state index in [2.05, 4.69) is 58.5 Å². The molecule has 0 radical (unpaired) electrons. The lowest BCUT2D eigenvalue weighted by Gasteiger charge is -2.09. The second kappa shape index (κ2) is 7.26. The standard InChI is InChI=1S/C15H18IN3S/c1-10(2)8-20-9-12-18-14(13(16)15(17)19-12)11-6-4-3-5-7-11/h3-7,10H,8-9H2,1-2H3,(H2,17,18,19). The maximum Gasteiger partial charge on any atom is 0.141 e. The normalized spacial score (nSPS) is 11.0. The molecule has 0 aliphatic rings. The minimum absolute atomic E-state index is 0.569. The summed E-state index contributed by atoms with van der Waals surface area (Å²) in [4.78, 5) is 9.07. The van der Waals surface area contributed by atoms with E-state index in [1.54, 1.807) is 0 Å². The van der Waals surface area contributed by atoms with Gasteiger partial charge in [-0.25, -0.2) is 9.97 Å². The molecule has 2 N–H and O–H groups in total. The molecule has 0 atom stereocenters. The van der Waals surface area contributed by atoms with Crippen molar-refractivity contribution >= 4 is 40.2 Å². The predicted molar refractivity (Wildman–Crippen MR) is 95.6 cm³/mol. The van der Waals surface area contributed by atoms with Crippen molar-refractivity contribution in [2.24, 2.45) is 5.92 Å². The van der Waals surface area contributed by atoms with Gasteiger partial charge in [-0.2, -0.15) is 11.8 Å². The maximum absolute atomic E-state index is 6.02. The molecule has 0 saturated heterocycles.